The second kappa shape index (κ2) is 4.87. The van der Waals surface area contributed by atoms with Crippen LogP contribution in [0.3, 0.4) is 0 Å². The van der Waals surface area contributed by atoms with Gasteiger partial charge in [0, 0.05) is 6.04 Å². The number of rotatable bonds is 3. The second-order valence-corrected chi connectivity index (χ2v) is 3.80. The lowest BCUT2D eigenvalue weighted by atomic mass is 10.0. The molecule has 3 nitrogen and oxygen atoms in total. The van der Waals surface area contributed by atoms with Crippen molar-refractivity contribution in [2.24, 2.45) is 4.99 Å². The van der Waals surface area contributed by atoms with Gasteiger partial charge in [0.2, 0.25) is 6.08 Å². The van der Waals surface area contributed by atoms with Crippen LogP contribution in [0.15, 0.2) is 29.3 Å². The molecule has 1 unspecified atom stereocenters. The van der Waals surface area contributed by atoms with E-state index in [1.54, 1.807) is 6.08 Å². The Labute approximate surface area is 89.2 Å². The predicted octanol–water partition coefficient (Wildman–Crippen LogP) is 1.95. The standard InChI is InChI=1S/C12H14N2O/c15-9-13-8-10-3-5-11(6-4-10)12-2-1-7-14-12/h3-6,12,14H,1-2,7-8H2. The van der Waals surface area contributed by atoms with Gasteiger partial charge in [-0.05, 0) is 30.5 Å². The van der Waals surface area contributed by atoms with Crippen molar-refractivity contribution in [1.82, 2.24) is 5.32 Å². The van der Waals surface area contributed by atoms with E-state index in [-0.39, 0.29) is 0 Å². The molecule has 0 aromatic heterocycles. The fourth-order valence-corrected chi connectivity index (χ4v) is 1.95. The minimum atomic E-state index is 0.432. The molecule has 0 radical (unpaired) electrons. The van der Waals surface area contributed by atoms with Crippen molar-refractivity contribution in [2.45, 2.75) is 25.4 Å². The fourth-order valence-electron chi connectivity index (χ4n) is 1.95. The van der Waals surface area contributed by atoms with Gasteiger partial charge in [-0.2, -0.15) is 0 Å². The zero-order valence-corrected chi connectivity index (χ0v) is 8.57. The Bertz CT molecular complexity index is 360. The molecule has 2 rings (SSSR count). The molecular formula is C12H14N2O. The zero-order chi connectivity index (χ0) is 10.5. The van der Waals surface area contributed by atoms with Gasteiger partial charge in [0.25, 0.3) is 0 Å². The maximum atomic E-state index is 9.95. The normalized spacial score (nSPS) is 19.9. The van der Waals surface area contributed by atoms with Gasteiger partial charge < -0.3 is 5.32 Å². The molecule has 1 heterocycles. The van der Waals surface area contributed by atoms with Gasteiger partial charge in [-0.1, -0.05) is 24.3 Å². The molecule has 1 aliphatic rings. The topological polar surface area (TPSA) is 41.5 Å². The molecule has 1 N–H and O–H groups in total. The van der Waals surface area contributed by atoms with E-state index in [9.17, 15) is 4.79 Å². The summed E-state index contributed by atoms with van der Waals surface area (Å²) in [6.07, 6.45) is 4.01. The van der Waals surface area contributed by atoms with Crippen LogP contribution >= 0.6 is 0 Å². The number of nitrogens with one attached hydrogen (secondary N) is 1. The van der Waals surface area contributed by atoms with Crippen LogP contribution in [0.2, 0.25) is 0 Å². The first-order valence-corrected chi connectivity index (χ1v) is 5.26. The molecule has 0 saturated carbocycles. The van der Waals surface area contributed by atoms with E-state index in [0.717, 1.165) is 12.1 Å². The zero-order valence-electron chi connectivity index (χ0n) is 8.57. The van der Waals surface area contributed by atoms with E-state index >= 15 is 0 Å². The largest absolute Gasteiger partial charge is 0.310 e. The lowest BCUT2D eigenvalue weighted by molar-refractivity contribution is 0.563. The molecule has 78 valence electrons. The Kier molecular flexibility index (Phi) is 3.28. The smallest absolute Gasteiger partial charge is 0.235 e. The van der Waals surface area contributed by atoms with Crippen molar-refractivity contribution in [3.63, 3.8) is 0 Å². The van der Waals surface area contributed by atoms with Crippen molar-refractivity contribution < 1.29 is 4.79 Å². The predicted molar refractivity (Wildman–Crippen MR) is 58.2 cm³/mol. The van der Waals surface area contributed by atoms with Crippen molar-refractivity contribution in [1.29, 1.82) is 0 Å². The van der Waals surface area contributed by atoms with Crippen LogP contribution in [-0.4, -0.2) is 12.6 Å². The molecule has 1 atom stereocenters. The summed E-state index contributed by atoms with van der Waals surface area (Å²) in [6, 6.07) is 8.78. The average molecular weight is 202 g/mol. The van der Waals surface area contributed by atoms with E-state index in [4.69, 9.17) is 0 Å². The minimum absolute atomic E-state index is 0.432. The van der Waals surface area contributed by atoms with Gasteiger partial charge >= 0.3 is 0 Å². The van der Waals surface area contributed by atoms with E-state index in [1.165, 1.54) is 18.4 Å². The van der Waals surface area contributed by atoms with Crippen LogP contribution in [-0.2, 0) is 11.3 Å². The van der Waals surface area contributed by atoms with Crippen molar-refractivity contribution >= 4 is 6.08 Å². The molecule has 15 heavy (non-hydrogen) atoms. The first kappa shape index (κ1) is 10.1. The van der Waals surface area contributed by atoms with Crippen LogP contribution in [0, 0.1) is 0 Å². The highest BCUT2D eigenvalue weighted by Crippen LogP contribution is 2.23. The van der Waals surface area contributed by atoms with Crippen LogP contribution in [0.4, 0.5) is 0 Å². The summed E-state index contributed by atoms with van der Waals surface area (Å²) in [5, 5.41) is 3.45. The highest BCUT2D eigenvalue weighted by molar-refractivity contribution is 5.34. The molecule has 1 aromatic rings. The molecular weight excluding hydrogens is 188 g/mol. The summed E-state index contributed by atoms with van der Waals surface area (Å²) >= 11 is 0. The fraction of sp³-hybridized carbons (Fsp3) is 0.417. The number of hydrogen-bond donors (Lipinski definition) is 1. The van der Waals surface area contributed by atoms with Crippen molar-refractivity contribution in [3.8, 4) is 0 Å². The molecule has 1 fully saturated rings. The van der Waals surface area contributed by atoms with Crippen molar-refractivity contribution in [3.05, 3.63) is 35.4 Å². The molecule has 1 aliphatic heterocycles. The summed E-state index contributed by atoms with van der Waals surface area (Å²) in [7, 11) is 0. The Balaban J connectivity index is 2.05. The Hall–Kier alpha value is -1.44. The SMILES string of the molecule is O=C=NCc1ccc(C2CCCN2)cc1. The second-order valence-electron chi connectivity index (χ2n) is 3.80. The highest BCUT2D eigenvalue weighted by Gasteiger charge is 2.15. The lowest BCUT2D eigenvalue weighted by Crippen LogP contribution is -2.12. The first-order chi connectivity index (χ1) is 7.40. The van der Waals surface area contributed by atoms with Crippen LogP contribution in [0.25, 0.3) is 0 Å². The molecule has 0 bridgehead atoms. The molecule has 1 aromatic carbocycles. The number of carbonyl (C=O) groups excluding carboxylic acids is 1. The number of aliphatic imine (C=N–C) groups is 1. The molecule has 3 heteroatoms. The third-order valence-electron chi connectivity index (χ3n) is 2.77. The van der Waals surface area contributed by atoms with Crippen LogP contribution in [0.1, 0.15) is 30.0 Å². The van der Waals surface area contributed by atoms with E-state index < -0.39 is 0 Å². The number of isocyanates is 1. The van der Waals surface area contributed by atoms with Gasteiger partial charge in [0.15, 0.2) is 0 Å². The Morgan fingerprint density at radius 3 is 2.80 bits per heavy atom. The quantitative estimate of drug-likeness (QED) is 0.601. The van der Waals surface area contributed by atoms with E-state index in [1.807, 2.05) is 12.1 Å². The van der Waals surface area contributed by atoms with Crippen molar-refractivity contribution in [2.75, 3.05) is 6.54 Å². The molecule has 1 saturated heterocycles. The lowest BCUT2D eigenvalue weighted by Gasteiger charge is -2.10. The monoisotopic (exact) mass is 202 g/mol. The number of hydrogen-bond acceptors (Lipinski definition) is 3. The summed E-state index contributed by atoms with van der Waals surface area (Å²) in [5.41, 5.74) is 2.38. The van der Waals surface area contributed by atoms with E-state index in [2.05, 4.69) is 22.4 Å². The van der Waals surface area contributed by atoms with Gasteiger partial charge in [-0.3, -0.25) is 0 Å². The third kappa shape index (κ3) is 2.52. The van der Waals surface area contributed by atoms with Gasteiger partial charge in [-0.25, -0.2) is 9.79 Å². The molecule has 0 spiro atoms. The number of nitrogens with zero attached hydrogens (tertiary/aromatic N) is 1. The molecule has 0 amide bonds. The number of benzene rings is 1. The van der Waals surface area contributed by atoms with Crippen LogP contribution in [0.5, 0.6) is 0 Å². The Morgan fingerprint density at radius 1 is 1.40 bits per heavy atom. The highest BCUT2D eigenvalue weighted by atomic mass is 16.1. The average Bonchev–Trinajstić information content (AvgIpc) is 2.80. The first-order valence-electron chi connectivity index (χ1n) is 5.26. The molecule has 0 aliphatic carbocycles. The summed E-state index contributed by atoms with van der Waals surface area (Å²) in [6.45, 7) is 1.55. The Morgan fingerprint density at radius 2 is 2.20 bits per heavy atom. The van der Waals surface area contributed by atoms with Gasteiger partial charge in [-0.15, -0.1) is 0 Å². The van der Waals surface area contributed by atoms with Gasteiger partial charge in [0.1, 0.15) is 0 Å². The van der Waals surface area contributed by atoms with Gasteiger partial charge in [0.05, 0.1) is 6.54 Å². The summed E-state index contributed by atoms with van der Waals surface area (Å²) < 4.78 is 0. The maximum absolute atomic E-state index is 9.95. The summed E-state index contributed by atoms with van der Waals surface area (Å²) in [5.74, 6) is 0. The minimum Gasteiger partial charge on any atom is -0.310 e. The summed E-state index contributed by atoms with van der Waals surface area (Å²) in [4.78, 5) is 13.5. The van der Waals surface area contributed by atoms with Crippen LogP contribution < -0.4 is 5.32 Å². The third-order valence-corrected chi connectivity index (χ3v) is 2.77. The maximum Gasteiger partial charge on any atom is 0.235 e. The van der Waals surface area contributed by atoms with E-state index in [0.29, 0.717) is 12.6 Å².